The Morgan fingerprint density at radius 2 is 1.87 bits per heavy atom. The van der Waals surface area contributed by atoms with Crippen LogP contribution < -0.4 is 0 Å². The molecule has 0 saturated heterocycles. The molecule has 0 saturated carbocycles. The van der Waals surface area contributed by atoms with Gasteiger partial charge in [0.1, 0.15) is 4.33 Å². The number of hydrogen-bond donors (Lipinski definition) is 1. The minimum Gasteiger partial charge on any atom is -0.481 e. The van der Waals surface area contributed by atoms with Crippen molar-refractivity contribution >= 4 is 45.1 Å². The molecule has 0 heterocycles. The Kier molecular flexibility index (Phi) is 4.44. The van der Waals surface area contributed by atoms with Crippen LogP contribution in [0.1, 0.15) is 12.0 Å². The quantitative estimate of drug-likeness (QED) is 0.862. The van der Waals surface area contributed by atoms with Crippen LogP contribution in [0, 0.1) is 0 Å². The molecule has 0 atom stereocenters. The normalized spacial score (nSPS) is 11.4. The molecule has 1 aromatic rings. The summed E-state index contributed by atoms with van der Waals surface area (Å²) < 4.78 is -0.293. The maximum Gasteiger partial charge on any atom is 0.306 e. The van der Waals surface area contributed by atoms with Gasteiger partial charge in [0.25, 0.3) is 0 Å². The van der Waals surface area contributed by atoms with Crippen molar-refractivity contribution in [2.24, 2.45) is 0 Å². The summed E-state index contributed by atoms with van der Waals surface area (Å²) in [4.78, 5) is 10.5. The van der Waals surface area contributed by atoms with E-state index < -0.39 is 10.3 Å². The van der Waals surface area contributed by atoms with Crippen LogP contribution in [0.3, 0.4) is 0 Å². The highest BCUT2D eigenvalue weighted by molar-refractivity contribution is 9.10. The van der Waals surface area contributed by atoms with Crippen molar-refractivity contribution in [3.8, 4) is 0 Å². The van der Waals surface area contributed by atoms with Crippen molar-refractivity contribution in [1.29, 1.82) is 0 Å². The summed E-state index contributed by atoms with van der Waals surface area (Å²) in [6.45, 7) is 0. The van der Waals surface area contributed by atoms with E-state index in [0.29, 0.717) is 6.42 Å². The van der Waals surface area contributed by atoms with E-state index in [1.807, 2.05) is 24.3 Å². The van der Waals surface area contributed by atoms with E-state index in [9.17, 15) is 4.79 Å². The van der Waals surface area contributed by atoms with Gasteiger partial charge in [-0.25, -0.2) is 0 Å². The summed E-state index contributed by atoms with van der Waals surface area (Å²) in [5, 5.41) is 8.59. The zero-order valence-electron chi connectivity index (χ0n) is 7.71. The van der Waals surface area contributed by atoms with E-state index in [1.54, 1.807) is 0 Å². The van der Waals surface area contributed by atoms with Crippen LogP contribution in [-0.4, -0.2) is 15.4 Å². The van der Waals surface area contributed by atoms with Gasteiger partial charge in [-0.2, -0.15) is 0 Å². The average Bonchev–Trinajstić information content (AvgIpc) is 2.06. The molecule has 5 heteroatoms. The number of carbonyl (C=O) groups is 1. The van der Waals surface area contributed by atoms with Crippen molar-refractivity contribution in [1.82, 2.24) is 0 Å². The lowest BCUT2D eigenvalue weighted by Gasteiger charge is -2.16. The van der Waals surface area contributed by atoms with Crippen molar-refractivity contribution < 1.29 is 9.90 Å². The number of carboxylic acid groups (broad SMARTS) is 1. The molecule has 0 aliphatic rings. The second-order valence-corrected chi connectivity index (χ2v) is 5.79. The molecule has 0 aliphatic carbocycles. The van der Waals surface area contributed by atoms with Crippen molar-refractivity contribution in [3.05, 3.63) is 34.3 Å². The molecule has 1 N–H and O–H groups in total. The first kappa shape index (κ1) is 12.8. The summed E-state index contributed by atoms with van der Waals surface area (Å²) in [5.74, 6) is -1.00. The molecular formula is C10H9BrCl2O2. The molecule has 1 aromatic carbocycles. The van der Waals surface area contributed by atoms with Crippen LogP contribution in [0.2, 0.25) is 0 Å². The number of carboxylic acids is 1. The van der Waals surface area contributed by atoms with Crippen molar-refractivity contribution in [2.45, 2.75) is 17.2 Å². The minimum atomic E-state index is -1.25. The smallest absolute Gasteiger partial charge is 0.306 e. The fourth-order valence-electron chi connectivity index (χ4n) is 1.18. The molecule has 15 heavy (non-hydrogen) atoms. The number of halogens is 3. The number of alkyl halides is 2. The monoisotopic (exact) mass is 310 g/mol. The average molecular weight is 312 g/mol. The molecule has 0 unspecified atom stereocenters. The predicted molar refractivity (Wildman–Crippen MR) is 64.5 cm³/mol. The molecular weight excluding hydrogens is 303 g/mol. The van der Waals surface area contributed by atoms with E-state index in [0.717, 1.165) is 10.0 Å². The van der Waals surface area contributed by atoms with Gasteiger partial charge in [-0.3, -0.25) is 4.79 Å². The third-order valence-corrected chi connectivity index (χ3v) is 2.85. The summed E-state index contributed by atoms with van der Waals surface area (Å²) >= 11 is 15.1. The highest BCUT2D eigenvalue weighted by atomic mass is 79.9. The topological polar surface area (TPSA) is 37.3 Å². The highest BCUT2D eigenvalue weighted by Gasteiger charge is 2.27. The Balaban J connectivity index is 2.68. The number of rotatable bonds is 4. The van der Waals surface area contributed by atoms with Crippen LogP contribution in [0.15, 0.2) is 28.7 Å². The van der Waals surface area contributed by atoms with Crippen LogP contribution in [0.25, 0.3) is 0 Å². The van der Waals surface area contributed by atoms with Crippen LogP contribution in [0.4, 0.5) is 0 Å². The second kappa shape index (κ2) is 5.19. The van der Waals surface area contributed by atoms with Gasteiger partial charge >= 0.3 is 5.97 Å². The van der Waals surface area contributed by atoms with Crippen molar-refractivity contribution in [3.63, 3.8) is 0 Å². The molecule has 0 spiro atoms. The zero-order chi connectivity index (χ0) is 11.5. The first-order chi connectivity index (χ1) is 6.89. The summed E-state index contributed by atoms with van der Waals surface area (Å²) in [6.07, 6.45) is 0.0435. The molecule has 0 aromatic heterocycles. The van der Waals surface area contributed by atoms with Gasteiger partial charge in [0.05, 0.1) is 6.42 Å². The minimum absolute atomic E-state index is 0.272. The maximum absolute atomic E-state index is 10.5. The van der Waals surface area contributed by atoms with Gasteiger partial charge < -0.3 is 5.11 Å². The fraction of sp³-hybridized carbons (Fsp3) is 0.300. The Hall–Kier alpha value is -0.250. The molecule has 2 nitrogen and oxygen atoms in total. The SMILES string of the molecule is O=C(O)CC(Cl)(Cl)Cc1ccc(Br)cc1. The van der Waals surface area contributed by atoms with Crippen LogP contribution in [0.5, 0.6) is 0 Å². The summed E-state index contributed by atoms with van der Waals surface area (Å²) in [6, 6.07) is 7.43. The predicted octanol–water partition coefficient (Wildman–Crippen LogP) is 3.64. The van der Waals surface area contributed by atoms with Gasteiger partial charge in [0, 0.05) is 10.9 Å². The largest absolute Gasteiger partial charge is 0.481 e. The zero-order valence-corrected chi connectivity index (χ0v) is 10.8. The number of aliphatic carboxylic acids is 1. The number of benzene rings is 1. The fourth-order valence-corrected chi connectivity index (χ4v) is 1.99. The maximum atomic E-state index is 10.5. The lowest BCUT2D eigenvalue weighted by Crippen LogP contribution is -2.21. The van der Waals surface area contributed by atoms with E-state index in [1.165, 1.54) is 0 Å². The molecule has 82 valence electrons. The lowest BCUT2D eigenvalue weighted by atomic mass is 10.1. The Labute approximate surface area is 106 Å². The number of hydrogen-bond acceptors (Lipinski definition) is 1. The van der Waals surface area contributed by atoms with Crippen LogP contribution >= 0.6 is 39.1 Å². The standard InChI is InChI=1S/C10H9BrCl2O2/c11-8-3-1-7(2-4-8)5-10(12,13)6-9(14)15/h1-4H,5-6H2,(H,14,15). The van der Waals surface area contributed by atoms with E-state index in [-0.39, 0.29) is 6.42 Å². The highest BCUT2D eigenvalue weighted by Crippen LogP contribution is 2.30. The van der Waals surface area contributed by atoms with E-state index in [4.69, 9.17) is 28.3 Å². The first-order valence-corrected chi connectivity index (χ1v) is 5.78. The first-order valence-electron chi connectivity index (χ1n) is 4.23. The summed E-state index contributed by atoms with van der Waals surface area (Å²) in [5.41, 5.74) is 0.907. The lowest BCUT2D eigenvalue weighted by molar-refractivity contribution is -0.137. The van der Waals surface area contributed by atoms with Crippen molar-refractivity contribution in [2.75, 3.05) is 0 Å². The molecule has 0 radical (unpaired) electrons. The van der Waals surface area contributed by atoms with E-state index in [2.05, 4.69) is 15.9 Å². The Bertz CT molecular complexity index is 349. The Morgan fingerprint density at radius 1 is 1.33 bits per heavy atom. The third kappa shape index (κ3) is 4.87. The summed E-state index contributed by atoms with van der Waals surface area (Å²) in [7, 11) is 0. The Morgan fingerprint density at radius 3 is 2.33 bits per heavy atom. The van der Waals surface area contributed by atoms with E-state index >= 15 is 0 Å². The molecule has 0 aliphatic heterocycles. The van der Waals surface area contributed by atoms with Gasteiger partial charge in [0.15, 0.2) is 0 Å². The molecule has 0 fully saturated rings. The second-order valence-electron chi connectivity index (χ2n) is 3.23. The molecule has 0 bridgehead atoms. The van der Waals surface area contributed by atoms with Gasteiger partial charge in [-0.15, -0.1) is 23.2 Å². The third-order valence-electron chi connectivity index (χ3n) is 1.79. The molecule has 1 rings (SSSR count). The molecule has 0 amide bonds. The van der Waals surface area contributed by atoms with Crippen LogP contribution in [-0.2, 0) is 11.2 Å². The van der Waals surface area contributed by atoms with Gasteiger partial charge in [0.2, 0.25) is 0 Å². The van der Waals surface area contributed by atoms with Gasteiger partial charge in [-0.05, 0) is 17.7 Å². The van der Waals surface area contributed by atoms with Gasteiger partial charge in [-0.1, -0.05) is 28.1 Å².